The summed E-state index contributed by atoms with van der Waals surface area (Å²) in [6, 6.07) is 7.88. The fraction of sp³-hybridized carbons (Fsp3) is 0.500. The van der Waals surface area contributed by atoms with E-state index in [1.165, 1.54) is 12.1 Å². The summed E-state index contributed by atoms with van der Waals surface area (Å²) in [6.07, 6.45) is 4.23. The molecule has 3 saturated heterocycles. The van der Waals surface area contributed by atoms with Gasteiger partial charge in [-0.15, -0.1) is 0 Å². The van der Waals surface area contributed by atoms with E-state index < -0.39 is 0 Å². The molecule has 204 valence electrons. The highest BCUT2D eigenvalue weighted by Gasteiger charge is 2.54. The first-order chi connectivity index (χ1) is 18.8. The Hall–Kier alpha value is -3.64. The topological polar surface area (TPSA) is 75.9 Å². The summed E-state index contributed by atoms with van der Waals surface area (Å²) in [5.74, 6) is 0.104. The third-order valence-electron chi connectivity index (χ3n) is 8.90. The molecule has 0 aliphatic carbocycles. The molecule has 39 heavy (non-hydrogen) atoms. The van der Waals surface area contributed by atoms with Crippen molar-refractivity contribution in [1.29, 1.82) is 5.26 Å². The van der Waals surface area contributed by atoms with Crippen LogP contribution in [0.4, 0.5) is 15.8 Å². The van der Waals surface area contributed by atoms with Gasteiger partial charge in [-0.1, -0.05) is 18.7 Å². The molecule has 1 amide bonds. The highest BCUT2D eigenvalue weighted by Crippen LogP contribution is 2.46. The minimum absolute atomic E-state index is 0.0332. The quantitative estimate of drug-likeness (QED) is 0.531. The Morgan fingerprint density at radius 2 is 2.05 bits per heavy atom. The molecule has 1 aromatic heterocycles. The minimum Gasteiger partial charge on any atom is -0.475 e. The number of nitriles is 1. The van der Waals surface area contributed by atoms with E-state index in [0.717, 1.165) is 55.0 Å². The van der Waals surface area contributed by atoms with Crippen molar-refractivity contribution in [3.63, 3.8) is 0 Å². The maximum atomic E-state index is 14.9. The van der Waals surface area contributed by atoms with E-state index in [2.05, 4.69) is 29.5 Å². The van der Waals surface area contributed by atoms with E-state index in [-0.39, 0.29) is 17.1 Å². The summed E-state index contributed by atoms with van der Waals surface area (Å²) in [5.41, 5.74) is 4.83. The molecule has 1 spiro atoms. The lowest BCUT2D eigenvalue weighted by Crippen LogP contribution is -2.73. The lowest BCUT2D eigenvalue weighted by atomic mass is 9.72. The van der Waals surface area contributed by atoms with Crippen LogP contribution < -0.4 is 14.5 Å². The van der Waals surface area contributed by atoms with Gasteiger partial charge in [-0.05, 0) is 57.5 Å². The zero-order chi connectivity index (χ0) is 27.3. The van der Waals surface area contributed by atoms with Crippen LogP contribution in [0, 0.1) is 29.5 Å². The van der Waals surface area contributed by atoms with Crippen molar-refractivity contribution < 1.29 is 13.9 Å². The lowest BCUT2D eigenvalue weighted by Gasteiger charge is -2.61. The fourth-order valence-electron chi connectivity index (χ4n) is 6.84. The molecule has 0 bridgehead atoms. The number of para-hydroxylation sites is 1. The van der Waals surface area contributed by atoms with Crippen LogP contribution >= 0.6 is 0 Å². The van der Waals surface area contributed by atoms with E-state index in [0.29, 0.717) is 62.4 Å². The normalized spacial score (nSPS) is 21.7. The Balaban J connectivity index is 1.32. The number of rotatable bonds is 6. The van der Waals surface area contributed by atoms with E-state index >= 15 is 0 Å². The summed E-state index contributed by atoms with van der Waals surface area (Å²) in [7, 11) is 2.10. The first kappa shape index (κ1) is 25.6. The molecular weight excluding hydrogens is 495 g/mol. The number of ether oxygens (including phenoxy) is 1. The molecule has 0 unspecified atom stereocenters. The third-order valence-corrected chi connectivity index (χ3v) is 8.90. The standard InChI is InChI=1S/C30H35FN6O2/c1-4-26(38)36-16-30(17-36)18-37(19-30)28-22-10-12-35(27-20(2)7-5-9-24(27)31)14-25(22)33-29(23(28)13-32)39-15-21-8-6-11-34(21)3/h4-5,7,9,21H,1,6,8,10-12,14-19H2,2-3H3/t21-/m0/s1. The maximum Gasteiger partial charge on any atom is 0.245 e. The highest BCUT2D eigenvalue weighted by molar-refractivity contribution is 5.88. The lowest BCUT2D eigenvalue weighted by molar-refractivity contribution is -0.139. The molecule has 4 aliphatic heterocycles. The van der Waals surface area contributed by atoms with Gasteiger partial charge in [-0.3, -0.25) is 4.79 Å². The number of nitrogens with zero attached hydrogens (tertiary/aromatic N) is 6. The number of anilines is 2. The van der Waals surface area contributed by atoms with E-state index in [9.17, 15) is 14.4 Å². The molecule has 1 atom stereocenters. The average molecular weight is 531 g/mol. The molecule has 4 aliphatic rings. The van der Waals surface area contributed by atoms with E-state index in [1.807, 2.05) is 22.8 Å². The van der Waals surface area contributed by atoms with Crippen LogP contribution in [-0.4, -0.2) is 79.7 Å². The predicted molar refractivity (Wildman–Crippen MR) is 147 cm³/mol. The Kier molecular flexibility index (Phi) is 6.46. The monoisotopic (exact) mass is 530 g/mol. The Morgan fingerprint density at radius 3 is 2.72 bits per heavy atom. The van der Waals surface area contributed by atoms with Crippen molar-refractivity contribution in [1.82, 2.24) is 14.8 Å². The van der Waals surface area contributed by atoms with Gasteiger partial charge < -0.3 is 24.3 Å². The molecular formula is C30H35FN6O2. The second-order valence-corrected chi connectivity index (χ2v) is 11.6. The Morgan fingerprint density at radius 1 is 1.26 bits per heavy atom. The van der Waals surface area contributed by atoms with Crippen molar-refractivity contribution in [2.45, 2.75) is 38.8 Å². The minimum atomic E-state index is -0.235. The number of halogens is 1. The average Bonchev–Trinajstić information content (AvgIpc) is 3.29. The van der Waals surface area contributed by atoms with Crippen LogP contribution in [0.5, 0.6) is 5.88 Å². The molecule has 1 aromatic carbocycles. The number of aromatic nitrogens is 1. The molecule has 0 saturated carbocycles. The first-order valence-electron chi connectivity index (χ1n) is 13.8. The molecule has 3 fully saturated rings. The SMILES string of the molecule is C=CC(=O)N1CC2(C1)CN(c1c(C#N)c(OC[C@@H]3CCCN3C)nc3c1CCN(c1c(C)cccc1F)C3)C2. The number of likely N-dealkylation sites (N-methyl/N-ethyl adjacent to an activating group) is 1. The number of fused-ring (bicyclic) bond motifs is 1. The second kappa shape index (κ2) is 9.83. The van der Waals surface area contributed by atoms with Crippen molar-refractivity contribution in [3.8, 4) is 11.9 Å². The van der Waals surface area contributed by atoms with Gasteiger partial charge in [0.1, 0.15) is 24.1 Å². The van der Waals surface area contributed by atoms with Gasteiger partial charge in [0.05, 0.1) is 23.6 Å². The van der Waals surface area contributed by atoms with Crippen molar-refractivity contribution in [2.75, 3.05) is 62.7 Å². The number of hydrogen-bond donors (Lipinski definition) is 0. The van der Waals surface area contributed by atoms with Crippen molar-refractivity contribution >= 4 is 17.3 Å². The van der Waals surface area contributed by atoms with Gasteiger partial charge >= 0.3 is 0 Å². The summed E-state index contributed by atoms with van der Waals surface area (Å²) < 4.78 is 21.2. The van der Waals surface area contributed by atoms with E-state index in [4.69, 9.17) is 9.72 Å². The molecule has 9 heteroatoms. The van der Waals surface area contributed by atoms with Gasteiger partial charge in [-0.2, -0.15) is 5.26 Å². The highest BCUT2D eigenvalue weighted by atomic mass is 19.1. The molecule has 8 nitrogen and oxygen atoms in total. The molecule has 0 N–H and O–H groups in total. The van der Waals surface area contributed by atoms with Gasteiger partial charge in [0, 0.05) is 49.7 Å². The summed E-state index contributed by atoms with van der Waals surface area (Å²) in [4.78, 5) is 25.3. The Bertz CT molecular complexity index is 1340. The second-order valence-electron chi connectivity index (χ2n) is 11.6. The van der Waals surface area contributed by atoms with Gasteiger partial charge in [0.2, 0.25) is 11.8 Å². The van der Waals surface area contributed by atoms with Gasteiger partial charge in [-0.25, -0.2) is 9.37 Å². The van der Waals surface area contributed by atoms with Crippen LogP contribution in [0.15, 0.2) is 30.9 Å². The number of likely N-dealkylation sites (tertiary alicyclic amines) is 2. The summed E-state index contributed by atoms with van der Waals surface area (Å²) in [5, 5.41) is 10.3. The largest absolute Gasteiger partial charge is 0.475 e. The number of benzene rings is 1. The van der Waals surface area contributed by atoms with Gasteiger partial charge in [0.15, 0.2) is 0 Å². The fourth-order valence-corrected chi connectivity index (χ4v) is 6.84. The molecule has 5 heterocycles. The summed E-state index contributed by atoms with van der Waals surface area (Å²) in [6.45, 7) is 11.1. The van der Waals surface area contributed by atoms with Gasteiger partial charge in [0.25, 0.3) is 0 Å². The van der Waals surface area contributed by atoms with Crippen molar-refractivity contribution in [3.05, 3.63) is 59.1 Å². The third kappa shape index (κ3) is 4.41. The smallest absolute Gasteiger partial charge is 0.245 e. The zero-order valence-electron chi connectivity index (χ0n) is 22.7. The molecule has 6 rings (SSSR count). The van der Waals surface area contributed by atoms with E-state index in [1.54, 1.807) is 6.07 Å². The number of pyridine rings is 1. The zero-order valence-corrected chi connectivity index (χ0v) is 22.7. The number of carbonyl (C=O) groups is 1. The predicted octanol–water partition coefficient (Wildman–Crippen LogP) is 3.27. The maximum absolute atomic E-state index is 14.9. The number of aryl methyl sites for hydroxylation is 1. The molecule has 2 aromatic rings. The van der Waals surface area contributed by atoms with Crippen LogP contribution in [0.25, 0.3) is 0 Å². The molecule has 0 radical (unpaired) electrons. The van der Waals surface area contributed by atoms with Crippen molar-refractivity contribution in [2.24, 2.45) is 5.41 Å². The van der Waals surface area contributed by atoms with Crippen LogP contribution in [0.1, 0.15) is 35.2 Å². The summed E-state index contributed by atoms with van der Waals surface area (Å²) >= 11 is 0. The first-order valence-corrected chi connectivity index (χ1v) is 13.8. The van der Waals surface area contributed by atoms with Crippen LogP contribution in [-0.2, 0) is 17.8 Å². The van der Waals surface area contributed by atoms with Crippen LogP contribution in [0.2, 0.25) is 0 Å². The number of amides is 1. The number of carbonyl (C=O) groups excluding carboxylic acids is 1. The van der Waals surface area contributed by atoms with Crippen LogP contribution in [0.3, 0.4) is 0 Å². The number of hydrogen-bond acceptors (Lipinski definition) is 7. The Labute approximate surface area is 229 Å².